The van der Waals surface area contributed by atoms with Crippen LogP contribution in [0.3, 0.4) is 0 Å². The van der Waals surface area contributed by atoms with Crippen molar-refractivity contribution in [3.63, 3.8) is 0 Å². The minimum atomic E-state index is -0.530. The summed E-state index contributed by atoms with van der Waals surface area (Å²) in [5.74, 6) is 0.136. The molecule has 2 aromatic rings. The fourth-order valence-electron chi connectivity index (χ4n) is 2.61. The van der Waals surface area contributed by atoms with E-state index < -0.39 is 4.92 Å². The zero-order valence-electron chi connectivity index (χ0n) is 15.1. The molecular weight excluding hydrogens is 336 g/mol. The summed E-state index contributed by atoms with van der Waals surface area (Å²) in [6, 6.07) is 9.91. The Kier molecular flexibility index (Phi) is 6.54. The lowest BCUT2D eigenvalue weighted by Crippen LogP contribution is -2.22. The summed E-state index contributed by atoms with van der Waals surface area (Å²) in [5.41, 5.74) is 2.76. The lowest BCUT2D eigenvalue weighted by molar-refractivity contribution is -0.385. The summed E-state index contributed by atoms with van der Waals surface area (Å²) in [5, 5.41) is 13.8. The average Bonchev–Trinajstić information content (AvgIpc) is 2.66. The van der Waals surface area contributed by atoms with E-state index in [-0.39, 0.29) is 24.0 Å². The molecule has 0 atom stereocenters. The standard InChI is InChI=1S/C19H22N2O5/c1-4-13-7-6-8-14(5-2)19(13)20-18(22)12-26-17-11-15(21(23)24)9-10-16(17)25-3/h6-11H,4-5,12H2,1-3H3,(H,20,22). The van der Waals surface area contributed by atoms with Crippen LogP contribution in [0.15, 0.2) is 36.4 Å². The summed E-state index contributed by atoms with van der Waals surface area (Å²) in [6.45, 7) is 3.77. The summed E-state index contributed by atoms with van der Waals surface area (Å²) < 4.78 is 10.6. The van der Waals surface area contributed by atoms with Crippen molar-refractivity contribution < 1.29 is 19.2 Å². The third-order valence-electron chi connectivity index (χ3n) is 3.98. The van der Waals surface area contributed by atoms with Gasteiger partial charge in [-0.15, -0.1) is 0 Å². The third-order valence-corrected chi connectivity index (χ3v) is 3.98. The van der Waals surface area contributed by atoms with Gasteiger partial charge in [0.15, 0.2) is 18.1 Å². The quantitative estimate of drug-likeness (QED) is 0.573. The van der Waals surface area contributed by atoms with Crippen LogP contribution < -0.4 is 14.8 Å². The molecule has 138 valence electrons. The van der Waals surface area contributed by atoms with Gasteiger partial charge in [-0.3, -0.25) is 14.9 Å². The highest BCUT2D eigenvalue weighted by Crippen LogP contribution is 2.31. The van der Waals surface area contributed by atoms with Crippen molar-refractivity contribution in [1.29, 1.82) is 0 Å². The van der Waals surface area contributed by atoms with Gasteiger partial charge in [0.25, 0.3) is 11.6 Å². The zero-order valence-corrected chi connectivity index (χ0v) is 15.1. The van der Waals surface area contributed by atoms with Crippen LogP contribution in [0.4, 0.5) is 11.4 Å². The number of nitro groups is 1. The first kappa shape index (κ1) is 19.2. The molecule has 0 aliphatic rings. The number of carbonyl (C=O) groups excluding carboxylic acids is 1. The summed E-state index contributed by atoms with van der Waals surface area (Å²) >= 11 is 0. The Morgan fingerprint density at radius 2 is 1.77 bits per heavy atom. The summed E-state index contributed by atoms with van der Waals surface area (Å²) in [7, 11) is 1.43. The van der Waals surface area contributed by atoms with Gasteiger partial charge >= 0.3 is 0 Å². The molecule has 0 saturated carbocycles. The Morgan fingerprint density at radius 1 is 1.12 bits per heavy atom. The Balaban J connectivity index is 2.13. The third kappa shape index (κ3) is 4.50. The molecule has 0 unspecified atom stereocenters. The van der Waals surface area contributed by atoms with E-state index in [9.17, 15) is 14.9 Å². The van der Waals surface area contributed by atoms with E-state index in [4.69, 9.17) is 9.47 Å². The van der Waals surface area contributed by atoms with E-state index in [0.29, 0.717) is 5.75 Å². The number of aryl methyl sites for hydroxylation is 2. The van der Waals surface area contributed by atoms with E-state index in [1.54, 1.807) is 0 Å². The summed E-state index contributed by atoms with van der Waals surface area (Å²) in [4.78, 5) is 22.7. The first-order valence-corrected chi connectivity index (χ1v) is 8.35. The highest BCUT2D eigenvalue weighted by atomic mass is 16.6. The minimum absolute atomic E-state index is 0.134. The largest absolute Gasteiger partial charge is 0.493 e. The number of nitro benzene ring substituents is 1. The SMILES string of the molecule is CCc1cccc(CC)c1NC(=O)COc1cc([N+](=O)[O-])ccc1OC. The molecule has 0 aromatic heterocycles. The Labute approximate surface area is 152 Å². The van der Waals surface area contributed by atoms with E-state index in [1.807, 2.05) is 32.0 Å². The van der Waals surface area contributed by atoms with Crippen LogP contribution >= 0.6 is 0 Å². The Hall–Kier alpha value is -3.09. The molecule has 2 rings (SSSR count). The number of hydrogen-bond donors (Lipinski definition) is 1. The van der Waals surface area contributed by atoms with Gasteiger partial charge in [-0.1, -0.05) is 32.0 Å². The van der Waals surface area contributed by atoms with Crippen molar-refractivity contribution in [2.24, 2.45) is 0 Å². The second-order valence-corrected chi connectivity index (χ2v) is 5.59. The number of rotatable bonds is 8. The number of hydrogen-bond acceptors (Lipinski definition) is 5. The van der Waals surface area contributed by atoms with Gasteiger partial charge in [0, 0.05) is 11.8 Å². The van der Waals surface area contributed by atoms with Gasteiger partial charge in [-0.25, -0.2) is 0 Å². The topological polar surface area (TPSA) is 90.7 Å². The van der Waals surface area contributed by atoms with Crippen molar-refractivity contribution in [1.82, 2.24) is 0 Å². The molecule has 26 heavy (non-hydrogen) atoms. The first-order chi connectivity index (χ1) is 12.5. The molecule has 0 bridgehead atoms. The molecule has 7 heteroatoms. The van der Waals surface area contributed by atoms with E-state index in [1.165, 1.54) is 25.3 Å². The van der Waals surface area contributed by atoms with Gasteiger partial charge in [0.2, 0.25) is 0 Å². The normalized spacial score (nSPS) is 10.3. The fraction of sp³-hybridized carbons (Fsp3) is 0.316. The maximum atomic E-state index is 12.3. The number of carbonyl (C=O) groups is 1. The average molecular weight is 358 g/mol. The molecule has 0 heterocycles. The molecule has 0 saturated heterocycles. The lowest BCUT2D eigenvalue weighted by atomic mass is 10.0. The molecule has 1 amide bonds. The van der Waals surface area contributed by atoms with Crippen LogP contribution in [0.25, 0.3) is 0 Å². The number of methoxy groups -OCH3 is 1. The molecule has 7 nitrogen and oxygen atoms in total. The monoisotopic (exact) mass is 358 g/mol. The minimum Gasteiger partial charge on any atom is -0.493 e. The smallest absolute Gasteiger partial charge is 0.273 e. The molecule has 0 fully saturated rings. The van der Waals surface area contributed by atoms with E-state index in [0.717, 1.165) is 29.7 Å². The molecule has 1 N–H and O–H groups in total. The number of benzene rings is 2. The van der Waals surface area contributed by atoms with Gasteiger partial charge in [0.1, 0.15) is 0 Å². The Bertz CT molecular complexity index is 782. The predicted octanol–water partition coefficient (Wildman–Crippen LogP) is 3.75. The molecule has 2 aromatic carbocycles. The highest BCUT2D eigenvalue weighted by molar-refractivity contribution is 5.93. The van der Waals surface area contributed by atoms with Crippen LogP contribution in [0, 0.1) is 10.1 Å². The van der Waals surface area contributed by atoms with Gasteiger partial charge in [-0.2, -0.15) is 0 Å². The van der Waals surface area contributed by atoms with Crippen molar-refractivity contribution in [3.05, 3.63) is 57.6 Å². The van der Waals surface area contributed by atoms with Gasteiger partial charge in [-0.05, 0) is 30.0 Å². The second kappa shape index (κ2) is 8.84. The number of ether oxygens (including phenoxy) is 2. The van der Waals surface area contributed by atoms with E-state index in [2.05, 4.69) is 5.32 Å². The molecule has 0 radical (unpaired) electrons. The van der Waals surface area contributed by atoms with E-state index >= 15 is 0 Å². The fourth-order valence-corrected chi connectivity index (χ4v) is 2.61. The van der Waals surface area contributed by atoms with Crippen LogP contribution in [0.2, 0.25) is 0 Å². The van der Waals surface area contributed by atoms with Crippen LogP contribution in [0.1, 0.15) is 25.0 Å². The van der Waals surface area contributed by atoms with Gasteiger partial charge in [0.05, 0.1) is 18.1 Å². The lowest BCUT2D eigenvalue weighted by Gasteiger charge is -2.15. The predicted molar refractivity (Wildman–Crippen MR) is 99.0 cm³/mol. The van der Waals surface area contributed by atoms with Crippen molar-refractivity contribution >= 4 is 17.3 Å². The molecule has 0 aliphatic carbocycles. The zero-order chi connectivity index (χ0) is 19.1. The number of nitrogens with zero attached hydrogens (tertiary/aromatic N) is 1. The highest BCUT2D eigenvalue weighted by Gasteiger charge is 2.15. The molecular formula is C19H22N2O5. The number of amides is 1. The maximum Gasteiger partial charge on any atom is 0.273 e. The van der Waals surface area contributed by atoms with Crippen molar-refractivity contribution in [3.8, 4) is 11.5 Å². The summed E-state index contributed by atoms with van der Waals surface area (Å²) in [6.07, 6.45) is 1.59. The Morgan fingerprint density at radius 3 is 2.31 bits per heavy atom. The number of non-ortho nitro benzene ring substituents is 1. The number of nitrogens with one attached hydrogen (secondary N) is 1. The van der Waals surface area contributed by atoms with Gasteiger partial charge < -0.3 is 14.8 Å². The number of para-hydroxylation sites is 1. The van der Waals surface area contributed by atoms with Crippen LogP contribution in [-0.2, 0) is 17.6 Å². The molecule has 0 aliphatic heterocycles. The molecule has 0 spiro atoms. The number of anilines is 1. The van der Waals surface area contributed by atoms with Crippen molar-refractivity contribution in [2.75, 3.05) is 19.0 Å². The van der Waals surface area contributed by atoms with Crippen LogP contribution in [-0.4, -0.2) is 24.5 Å². The second-order valence-electron chi connectivity index (χ2n) is 5.59. The maximum absolute atomic E-state index is 12.3. The first-order valence-electron chi connectivity index (χ1n) is 8.35. The van der Waals surface area contributed by atoms with Crippen LogP contribution in [0.5, 0.6) is 11.5 Å². The van der Waals surface area contributed by atoms with Crippen molar-refractivity contribution in [2.45, 2.75) is 26.7 Å².